The summed E-state index contributed by atoms with van der Waals surface area (Å²) in [5.74, 6) is -0.278. The van der Waals surface area contributed by atoms with Gasteiger partial charge in [-0.3, -0.25) is 18.7 Å². The highest BCUT2D eigenvalue weighted by Gasteiger charge is 2.23. The maximum Gasteiger partial charge on any atom is 0.333 e. The van der Waals surface area contributed by atoms with Gasteiger partial charge in [0.25, 0.3) is 5.56 Å². The summed E-state index contributed by atoms with van der Waals surface area (Å²) < 4.78 is 16.6. The molecule has 0 aliphatic carbocycles. The molecule has 1 saturated heterocycles. The Kier molecular flexibility index (Phi) is 6.64. The molecule has 0 spiro atoms. The van der Waals surface area contributed by atoms with Gasteiger partial charge in [-0.05, 0) is 49.8 Å². The van der Waals surface area contributed by atoms with E-state index in [4.69, 9.17) is 0 Å². The fraction of sp³-hybridized carbons (Fsp3) is 0.478. The van der Waals surface area contributed by atoms with Gasteiger partial charge in [0.15, 0.2) is 10.8 Å². The first-order valence-corrected chi connectivity index (χ1v) is 12.0. The van der Waals surface area contributed by atoms with Crippen LogP contribution in [0.4, 0.5) is 15.2 Å². The van der Waals surface area contributed by atoms with E-state index >= 15 is 0 Å². The normalized spacial score (nSPS) is 14.7. The molecule has 0 saturated carbocycles. The van der Waals surface area contributed by atoms with Crippen molar-refractivity contribution in [2.45, 2.75) is 53.1 Å². The minimum absolute atomic E-state index is 0.223. The number of nitrogens with zero attached hydrogens (tertiary/aromatic N) is 4. The molecule has 1 amide bonds. The SMILES string of the molecule is CCCn1c(=O)c2sc(N3CCC(C)CC3)nc2n(CC(=O)Nc2ccc(C)c(F)c2)c1=O. The highest BCUT2D eigenvalue weighted by Crippen LogP contribution is 2.29. The molecule has 8 nitrogen and oxygen atoms in total. The summed E-state index contributed by atoms with van der Waals surface area (Å²) in [6.07, 6.45) is 2.68. The quantitative estimate of drug-likeness (QED) is 0.593. The van der Waals surface area contributed by atoms with E-state index in [2.05, 4.69) is 22.1 Å². The zero-order valence-corrected chi connectivity index (χ0v) is 19.9. The molecule has 1 aliphatic heterocycles. The summed E-state index contributed by atoms with van der Waals surface area (Å²) in [5.41, 5.74) is 0.0588. The summed E-state index contributed by atoms with van der Waals surface area (Å²) in [6.45, 7) is 7.35. The van der Waals surface area contributed by atoms with Crippen molar-refractivity contribution in [1.82, 2.24) is 14.1 Å². The largest absolute Gasteiger partial charge is 0.348 e. The molecule has 0 radical (unpaired) electrons. The number of piperidine rings is 1. The highest BCUT2D eigenvalue weighted by atomic mass is 32.1. The van der Waals surface area contributed by atoms with Crippen molar-refractivity contribution in [3.8, 4) is 0 Å². The second kappa shape index (κ2) is 9.46. The summed E-state index contributed by atoms with van der Waals surface area (Å²) in [6, 6.07) is 4.41. The van der Waals surface area contributed by atoms with Crippen molar-refractivity contribution in [2.75, 3.05) is 23.3 Å². The zero-order chi connectivity index (χ0) is 23.7. The number of carbonyl (C=O) groups excluding carboxylic acids is 1. The van der Waals surface area contributed by atoms with Crippen LogP contribution in [0.1, 0.15) is 38.7 Å². The van der Waals surface area contributed by atoms with E-state index in [0.717, 1.165) is 25.9 Å². The van der Waals surface area contributed by atoms with Gasteiger partial charge in [0, 0.05) is 25.3 Å². The predicted octanol–water partition coefficient (Wildman–Crippen LogP) is 3.35. The van der Waals surface area contributed by atoms with Gasteiger partial charge in [0.2, 0.25) is 5.91 Å². The number of carbonyl (C=O) groups is 1. The van der Waals surface area contributed by atoms with E-state index < -0.39 is 17.4 Å². The first-order chi connectivity index (χ1) is 15.8. The van der Waals surface area contributed by atoms with Crippen LogP contribution in [0.15, 0.2) is 27.8 Å². The number of amides is 1. The van der Waals surface area contributed by atoms with E-state index in [0.29, 0.717) is 33.4 Å². The van der Waals surface area contributed by atoms with Crippen LogP contribution in [0.5, 0.6) is 0 Å². The van der Waals surface area contributed by atoms with E-state index in [-0.39, 0.29) is 24.3 Å². The lowest BCUT2D eigenvalue weighted by Crippen LogP contribution is -2.41. The standard InChI is InChI=1S/C23H28FN5O3S/c1-4-9-28-21(31)19-20(26-22(33-19)27-10-7-14(2)8-11-27)29(23(28)32)13-18(30)25-16-6-5-15(3)17(24)12-16/h5-6,12,14H,4,7-11,13H2,1-3H3,(H,25,30). The minimum Gasteiger partial charge on any atom is -0.348 e. The maximum atomic E-state index is 13.9. The van der Waals surface area contributed by atoms with Crippen molar-refractivity contribution in [2.24, 2.45) is 5.92 Å². The molecule has 0 atom stereocenters. The Hall–Kier alpha value is -3.01. The lowest BCUT2D eigenvalue weighted by molar-refractivity contribution is -0.116. The van der Waals surface area contributed by atoms with Crippen LogP contribution in [-0.4, -0.2) is 33.1 Å². The zero-order valence-electron chi connectivity index (χ0n) is 19.1. The molecule has 1 fully saturated rings. The summed E-state index contributed by atoms with van der Waals surface area (Å²) >= 11 is 1.27. The van der Waals surface area contributed by atoms with Crippen molar-refractivity contribution in [3.05, 3.63) is 50.4 Å². The monoisotopic (exact) mass is 473 g/mol. The van der Waals surface area contributed by atoms with Crippen LogP contribution in [0.3, 0.4) is 0 Å². The third kappa shape index (κ3) is 4.71. The first-order valence-electron chi connectivity index (χ1n) is 11.2. The van der Waals surface area contributed by atoms with Crippen molar-refractivity contribution in [3.63, 3.8) is 0 Å². The predicted molar refractivity (Wildman–Crippen MR) is 129 cm³/mol. The minimum atomic E-state index is -0.566. The maximum absolute atomic E-state index is 13.9. The van der Waals surface area contributed by atoms with Crippen LogP contribution in [0.2, 0.25) is 0 Å². The Labute approximate surface area is 194 Å². The van der Waals surface area contributed by atoms with Gasteiger partial charge in [0.05, 0.1) is 0 Å². The van der Waals surface area contributed by atoms with Crippen LogP contribution in [-0.2, 0) is 17.9 Å². The average Bonchev–Trinajstić information content (AvgIpc) is 3.23. The number of aromatic nitrogens is 3. The molecule has 2 aromatic heterocycles. The van der Waals surface area contributed by atoms with Crippen molar-refractivity contribution in [1.29, 1.82) is 0 Å². The molecule has 1 N–H and O–H groups in total. The number of hydrogen-bond donors (Lipinski definition) is 1. The van der Waals surface area contributed by atoms with Gasteiger partial charge in [-0.25, -0.2) is 14.2 Å². The molecule has 0 bridgehead atoms. The second-order valence-electron chi connectivity index (χ2n) is 8.66. The third-order valence-electron chi connectivity index (χ3n) is 6.01. The summed E-state index contributed by atoms with van der Waals surface area (Å²) in [5, 5.41) is 3.32. The van der Waals surface area contributed by atoms with Gasteiger partial charge in [-0.1, -0.05) is 31.3 Å². The summed E-state index contributed by atoms with van der Waals surface area (Å²) in [7, 11) is 0. The lowest BCUT2D eigenvalue weighted by atomic mass is 10.00. The molecule has 0 unspecified atom stereocenters. The van der Waals surface area contributed by atoms with Gasteiger partial charge in [-0.2, -0.15) is 0 Å². The Morgan fingerprint density at radius 3 is 2.64 bits per heavy atom. The Morgan fingerprint density at radius 2 is 1.97 bits per heavy atom. The summed E-state index contributed by atoms with van der Waals surface area (Å²) in [4.78, 5) is 45.7. The fourth-order valence-corrected chi connectivity index (χ4v) is 5.05. The molecular weight excluding hydrogens is 445 g/mol. The smallest absolute Gasteiger partial charge is 0.333 e. The van der Waals surface area contributed by atoms with Crippen LogP contribution in [0, 0.1) is 18.7 Å². The van der Waals surface area contributed by atoms with Gasteiger partial charge >= 0.3 is 5.69 Å². The molecule has 4 rings (SSSR count). The number of halogens is 1. The van der Waals surface area contributed by atoms with Crippen LogP contribution in [0.25, 0.3) is 10.3 Å². The molecule has 1 aromatic carbocycles. The van der Waals surface area contributed by atoms with Crippen molar-refractivity contribution >= 4 is 38.4 Å². The van der Waals surface area contributed by atoms with Gasteiger partial charge < -0.3 is 10.2 Å². The van der Waals surface area contributed by atoms with E-state index in [1.807, 2.05) is 6.92 Å². The Balaban J connectivity index is 1.72. The van der Waals surface area contributed by atoms with E-state index in [1.54, 1.807) is 19.1 Å². The lowest BCUT2D eigenvalue weighted by Gasteiger charge is -2.29. The van der Waals surface area contributed by atoms with E-state index in [1.165, 1.54) is 26.5 Å². The topological polar surface area (TPSA) is 89.2 Å². The van der Waals surface area contributed by atoms with Gasteiger partial charge in [0.1, 0.15) is 17.1 Å². The number of hydrogen-bond acceptors (Lipinski definition) is 6. The molecule has 3 heterocycles. The Bertz CT molecular complexity index is 1300. The number of anilines is 2. The molecule has 3 aromatic rings. The third-order valence-corrected chi connectivity index (χ3v) is 7.11. The van der Waals surface area contributed by atoms with E-state index in [9.17, 15) is 18.8 Å². The van der Waals surface area contributed by atoms with Crippen LogP contribution < -0.4 is 21.5 Å². The number of aryl methyl sites for hydroxylation is 1. The van der Waals surface area contributed by atoms with Gasteiger partial charge in [-0.15, -0.1) is 0 Å². The molecule has 176 valence electrons. The van der Waals surface area contributed by atoms with Crippen molar-refractivity contribution < 1.29 is 9.18 Å². The second-order valence-corrected chi connectivity index (χ2v) is 9.63. The number of fused-ring (bicyclic) bond motifs is 1. The highest BCUT2D eigenvalue weighted by molar-refractivity contribution is 7.22. The number of thiazole rings is 1. The fourth-order valence-electron chi connectivity index (χ4n) is 3.98. The number of rotatable bonds is 6. The molecule has 33 heavy (non-hydrogen) atoms. The molecule has 10 heteroatoms. The average molecular weight is 474 g/mol. The molecule has 1 aliphatic rings. The first kappa shape index (κ1) is 23.2. The Morgan fingerprint density at radius 1 is 1.24 bits per heavy atom. The number of benzene rings is 1. The van der Waals surface area contributed by atoms with Crippen LogP contribution >= 0.6 is 11.3 Å². The molecular formula is C23H28FN5O3S. The number of nitrogens with one attached hydrogen (secondary N) is 1.